The van der Waals surface area contributed by atoms with Crippen molar-refractivity contribution in [2.75, 3.05) is 20.8 Å². The van der Waals surface area contributed by atoms with Crippen molar-refractivity contribution in [3.63, 3.8) is 0 Å². The Hall–Kier alpha value is -2.59. The van der Waals surface area contributed by atoms with Gasteiger partial charge >= 0.3 is 5.97 Å². The molecule has 1 aliphatic carbocycles. The van der Waals surface area contributed by atoms with E-state index in [-0.39, 0.29) is 5.97 Å². The molecule has 0 bridgehead atoms. The van der Waals surface area contributed by atoms with Crippen molar-refractivity contribution in [1.29, 1.82) is 0 Å². The van der Waals surface area contributed by atoms with Crippen LogP contribution in [0.25, 0.3) is 6.08 Å². The van der Waals surface area contributed by atoms with Crippen LogP contribution in [0.4, 0.5) is 0 Å². The van der Waals surface area contributed by atoms with Gasteiger partial charge in [0.25, 0.3) is 0 Å². The molecule has 136 valence electrons. The zero-order chi connectivity index (χ0) is 18.4. The molecule has 0 aromatic heterocycles. The Kier molecular flexibility index (Phi) is 6.08. The number of rotatable bonds is 7. The minimum absolute atomic E-state index is 0.330. The maximum Gasteiger partial charge on any atom is 0.330 e. The Morgan fingerprint density at radius 3 is 2.73 bits per heavy atom. The summed E-state index contributed by atoms with van der Waals surface area (Å²) >= 11 is 0. The summed E-state index contributed by atoms with van der Waals surface area (Å²) in [7, 11) is 3.07. The van der Waals surface area contributed by atoms with Gasteiger partial charge in [-0.1, -0.05) is 30.3 Å². The average molecular weight is 351 g/mol. The first-order valence-electron chi connectivity index (χ1n) is 8.95. The molecule has 1 atom stereocenters. The molecule has 0 saturated heterocycles. The predicted molar refractivity (Wildman–Crippen MR) is 103 cm³/mol. The molecule has 0 aliphatic heterocycles. The zero-order valence-electron chi connectivity index (χ0n) is 15.3. The van der Waals surface area contributed by atoms with Crippen LogP contribution in [0.1, 0.15) is 34.7 Å². The number of aryl methyl sites for hydroxylation is 1. The molecule has 0 fully saturated rings. The highest BCUT2D eigenvalue weighted by Crippen LogP contribution is 2.32. The SMILES string of the molecule is COC(=O)/C=C/c1ccc2c(c1)CCC2NCCc1ccc(OC)cc1. The zero-order valence-corrected chi connectivity index (χ0v) is 15.3. The molecule has 4 heteroatoms. The van der Waals surface area contributed by atoms with E-state index in [0.717, 1.165) is 37.1 Å². The summed E-state index contributed by atoms with van der Waals surface area (Å²) in [6.07, 6.45) is 6.44. The van der Waals surface area contributed by atoms with E-state index in [2.05, 4.69) is 40.4 Å². The molecule has 2 aromatic rings. The first kappa shape index (κ1) is 18.2. The normalized spacial score (nSPS) is 15.8. The number of carbonyl (C=O) groups excluding carboxylic acids is 1. The lowest BCUT2D eigenvalue weighted by Gasteiger charge is -2.14. The van der Waals surface area contributed by atoms with E-state index in [1.165, 1.54) is 29.9 Å². The van der Waals surface area contributed by atoms with Gasteiger partial charge in [-0.3, -0.25) is 0 Å². The summed E-state index contributed by atoms with van der Waals surface area (Å²) < 4.78 is 9.83. The van der Waals surface area contributed by atoms with E-state index in [0.29, 0.717) is 6.04 Å². The number of carbonyl (C=O) groups is 1. The number of methoxy groups -OCH3 is 2. The number of hydrogen-bond donors (Lipinski definition) is 1. The average Bonchev–Trinajstić information content (AvgIpc) is 3.09. The van der Waals surface area contributed by atoms with Crippen LogP contribution in [-0.2, 0) is 22.4 Å². The van der Waals surface area contributed by atoms with Crippen molar-refractivity contribution >= 4 is 12.0 Å². The van der Waals surface area contributed by atoms with E-state index in [1.807, 2.05) is 12.1 Å². The maximum atomic E-state index is 11.2. The van der Waals surface area contributed by atoms with Gasteiger partial charge in [0.1, 0.15) is 5.75 Å². The molecule has 4 nitrogen and oxygen atoms in total. The Morgan fingerprint density at radius 2 is 2.00 bits per heavy atom. The van der Waals surface area contributed by atoms with Crippen LogP contribution in [-0.4, -0.2) is 26.7 Å². The molecule has 0 spiro atoms. The molecule has 1 unspecified atom stereocenters. The monoisotopic (exact) mass is 351 g/mol. The summed E-state index contributed by atoms with van der Waals surface area (Å²) in [5, 5.41) is 3.67. The van der Waals surface area contributed by atoms with Crippen LogP contribution >= 0.6 is 0 Å². The lowest BCUT2D eigenvalue weighted by atomic mass is 10.0. The van der Waals surface area contributed by atoms with Crippen molar-refractivity contribution in [2.45, 2.75) is 25.3 Å². The second-order valence-electron chi connectivity index (χ2n) is 6.46. The van der Waals surface area contributed by atoms with Crippen LogP contribution in [0, 0.1) is 0 Å². The number of nitrogens with one attached hydrogen (secondary N) is 1. The third kappa shape index (κ3) is 4.52. The highest BCUT2D eigenvalue weighted by Gasteiger charge is 2.21. The molecule has 2 aromatic carbocycles. The summed E-state index contributed by atoms with van der Waals surface area (Å²) in [5.41, 5.74) is 5.07. The van der Waals surface area contributed by atoms with Crippen molar-refractivity contribution in [3.8, 4) is 5.75 Å². The highest BCUT2D eigenvalue weighted by molar-refractivity contribution is 5.86. The van der Waals surface area contributed by atoms with E-state index >= 15 is 0 Å². The first-order chi connectivity index (χ1) is 12.7. The standard InChI is InChI=1S/C22H25NO3/c1-25-19-8-3-16(4-9-19)13-14-23-21-11-7-18-15-17(5-10-20(18)21)6-12-22(24)26-2/h3-6,8-10,12,15,21,23H,7,11,13-14H2,1-2H3/b12-6+. The van der Waals surface area contributed by atoms with Crippen LogP contribution in [0.5, 0.6) is 5.75 Å². The van der Waals surface area contributed by atoms with Crippen molar-refractivity contribution < 1.29 is 14.3 Å². The first-order valence-corrected chi connectivity index (χ1v) is 8.95. The van der Waals surface area contributed by atoms with Gasteiger partial charge in [0, 0.05) is 12.1 Å². The molecular formula is C22H25NO3. The van der Waals surface area contributed by atoms with Gasteiger partial charge in [-0.2, -0.15) is 0 Å². The fraction of sp³-hybridized carbons (Fsp3) is 0.318. The van der Waals surface area contributed by atoms with Gasteiger partial charge in [0.05, 0.1) is 14.2 Å². The smallest absolute Gasteiger partial charge is 0.330 e. The van der Waals surface area contributed by atoms with Crippen molar-refractivity contribution in [3.05, 3.63) is 70.8 Å². The van der Waals surface area contributed by atoms with Crippen LogP contribution in [0.2, 0.25) is 0 Å². The summed E-state index contributed by atoms with van der Waals surface area (Å²) in [6, 6.07) is 15.0. The molecule has 0 radical (unpaired) electrons. The number of fused-ring (bicyclic) bond motifs is 1. The molecule has 1 N–H and O–H groups in total. The van der Waals surface area contributed by atoms with Crippen LogP contribution < -0.4 is 10.1 Å². The Bertz CT molecular complexity index is 780. The largest absolute Gasteiger partial charge is 0.497 e. The molecule has 0 amide bonds. The van der Waals surface area contributed by atoms with Crippen LogP contribution in [0.15, 0.2) is 48.5 Å². The maximum absolute atomic E-state index is 11.2. The Labute approximate surface area is 154 Å². The number of ether oxygens (including phenoxy) is 2. The van der Waals surface area contributed by atoms with E-state index in [1.54, 1.807) is 13.2 Å². The topological polar surface area (TPSA) is 47.6 Å². The van der Waals surface area contributed by atoms with Crippen molar-refractivity contribution in [1.82, 2.24) is 5.32 Å². The second-order valence-corrected chi connectivity index (χ2v) is 6.46. The van der Waals surface area contributed by atoms with Gasteiger partial charge in [-0.25, -0.2) is 4.79 Å². The predicted octanol–water partition coefficient (Wildman–Crippen LogP) is 3.70. The fourth-order valence-corrected chi connectivity index (χ4v) is 3.37. The molecule has 0 heterocycles. The number of benzene rings is 2. The summed E-state index contributed by atoms with van der Waals surface area (Å²) in [5.74, 6) is 0.562. The van der Waals surface area contributed by atoms with Gasteiger partial charge in [0.2, 0.25) is 0 Å². The minimum atomic E-state index is -0.330. The van der Waals surface area contributed by atoms with Gasteiger partial charge < -0.3 is 14.8 Å². The number of hydrogen-bond acceptors (Lipinski definition) is 4. The quantitative estimate of drug-likeness (QED) is 0.610. The number of esters is 1. The summed E-state index contributed by atoms with van der Waals surface area (Å²) in [4.78, 5) is 11.2. The fourth-order valence-electron chi connectivity index (χ4n) is 3.37. The van der Waals surface area contributed by atoms with Crippen LogP contribution in [0.3, 0.4) is 0 Å². The lowest BCUT2D eigenvalue weighted by molar-refractivity contribution is -0.134. The molecule has 1 aliphatic rings. The van der Waals surface area contributed by atoms with E-state index in [4.69, 9.17) is 4.74 Å². The Morgan fingerprint density at radius 1 is 1.19 bits per heavy atom. The lowest BCUT2D eigenvalue weighted by Crippen LogP contribution is -2.21. The highest BCUT2D eigenvalue weighted by atomic mass is 16.5. The third-order valence-corrected chi connectivity index (χ3v) is 4.82. The molecular weight excluding hydrogens is 326 g/mol. The van der Waals surface area contributed by atoms with E-state index < -0.39 is 0 Å². The second kappa shape index (κ2) is 8.68. The van der Waals surface area contributed by atoms with Gasteiger partial charge in [-0.05, 0) is 66.3 Å². The third-order valence-electron chi connectivity index (χ3n) is 4.82. The minimum Gasteiger partial charge on any atom is -0.497 e. The molecule has 26 heavy (non-hydrogen) atoms. The van der Waals surface area contributed by atoms with Gasteiger partial charge in [0.15, 0.2) is 0 Å². The van der Waals surface area contributed by atoms with E-state index in [9.17, 15) is 4.79 Å². The molecule has 3 rings (SSSR count). The van der Waals surface area contributed by atoms with Crippen molar-refractivity contribution in [2.24, 2.45) is 0 Å². The molecule has 0 saturated carbocycles. The Balaban J connectivity index is 1.55. The van der Waals surface area contributed by atoms with Gasteiger partial charge in [-0.15, -0.1) is 0 Å². The summed E-state index contributed by atoms with van der Waals surface area (Å²) in [6.45, 7) is 0.945.